The van der Waals surface area contributed by atoms with Gasteiger partial charge in [0, 0.05) is 17.6 Å². The first-order chi connectivity index (χ1) is 11.4. The summed E-state index contributed by atoms with van der Waals surface area (Å²) in [4.78, 5) is 12.0. The van der Waals surface area contributed by atoms with Crippen LogP contribution in [0.3, 0.4) is 0 Å². The molecule has 0 radical (unpaired) electrons. The molecule has 3 saturated carbocycles. The van der Waals surface area contributed by atoms with Crippen molar-refractivity contribution in [3.63, 3.8) is 0 Å². The van der Waals surface area contributed by atoms with E-state index in [4.69, 9.17) is 14.5 Å². The highest BCUT2D eigenvalue weighted by Crippen LogP contribution is 2.66. The Bertz CT molecular complexity index is 580. The first kappa shape index (κ1) is 17.7. The topological polar surface area (TPSA) is 27.7 Å². The van der Waals surface area contributed by atoms with Crippen molar-refractivity contribution >= 4 is 5.57 Å². The van der Waals surface area contributed by atoms with E-state index < -0.39 is 6.29 Å². The molecule has 3 aliphatic carbocycles. The Hall–Kier alpha value is -1.16. The van der Waals surface area contributed by atoms with Crippen LogP contribution in [0.25, 0.3) is 5.57 Å². The van der Waals surface area contributed by atoms with Gasteiger partial charge in [-0.1, -0.05) is 57.7 Å². The van der Waals surface area contributed by atoms with Gasteiger partial charge in [-0.05, 0) is 43.6 Å². The second kappa shape index (κ2) is 6.62. The highest BCUT2D eigenvalue weighted by Gasteiger charge is 2.67. The summed E-state index contributed by atoms with van der Waals surface area (Å²) >= 11 is 0. The molecule has 0 amide bonds. The molecule has 2 bridgehead atoms. The van der Waals surface area contributed by atoms with Crippen molar-refractivity contribution in [3.8, 4) is 0 Å². The van der Waals surface area contributed by atoms with Gasteiger partial charge in [0.2, 0.25) is 6.29 Å². The van der Waals surface area contributed by atoms with Crippen molar-refractivity contribution in [2.75, 3.05) is 6.61 Å². The third-order valence-corrected chi connectivity index (χ3v) is 6.44. The van der Waals surface area contributed by atoms with Crippen LogP contribution in [-0.2, 0) is 14.5 Å². The lowest BCUT2D eigenvalue weighted by Gasteiger charge is -2.66. The average molecular weight is 330 g/mol. The van der Waals surface area contributed by atoms with Gasteiger partial charge in [-0.3, -0.25) is 0 Å². The van der Waals surface area contributed by atoms with Gasteiger partial charge in [-0.25, -0.2) is 4.89 Å². The van der Waals surface area contributed by atoms with Gasteiger partial charge >= 0.3 is 0 Å². The molecule has 132 valence electrons. The van der Waals surface area contributed by atoms with E-state index in [9.17, 15) is 0 Å². The van der Waals surface area contributed by atoms with E-state index in [0.717, 1.165) is 23.5 Å². The number of hydrogen-bond donors (Lipinski definition) is 0. The average Bonchev–Trinajstić information content (AvgIpc) is 2.59. The Kier molecular flexibility index (Phi) is 4.87. The second-order valence-electron chi connectivity index (χ2n) is 7.85. The van der Waals surface area contributed by atoms with Crippen LogP contribution < -0.4 is 0 Å². The predicted octanol–water partition coefficient (Wildman–Crippen LogP) is 5.23. The molecule has 1 aromatic rings. The molecule has 0 N–H and O–H groups in total. The first-order valence-corrected chi connectivity index (χ1v) is 9.12. The Morgan fingerprint density at radius 2 is 1.96 bits per heavy atom. The van der Waals surface area contributed by atoms with Crippen LogP contribution in [0.2, 0.25) is 0 Å². The summed E-state index contributed by atoms with van der Waals surface area (Å²) in [6.45, 7) is 13.6. The first-order valence-electron chi connectivity index (χ1n) is 9.12. The molecule has 4 rings (SSSR count). The van der Waals surface area contributed by atoms with Crippen molar-refractivity contribution in [1.29, 1.82) is 0 Å². The molecular formula is C21H30O3. The van der Waals surface area contributed by atoms with E-state index in [1.54, 1.807) is 0 Å². The van der Waals surface area contributed by atoms with Crippen molar-refractivity contribution in [2.24, 2.45) is 17.3 Å². The van der Waals surface area contributed by atoms with Crippen molar-refractivity contribution < 1.29 is 14.5 Å². The Morgan fingerprint density at radius 3 is 2.54 bits per heavy atom. The Morgan fingerprint density at radius 1 is 1.25 bits per heavy atom. The molecule has 24 heavy (non-hydrogen) atoms. The van der Waals surface area contributed by atoms with E-state index in [-0.39, 0.29) is 11.0 Å². The molecule has 4 atom stereocenters. The normalized spacial score (nSPS) is 32.0. The van der Waals surface area contributed by atoms with Crippen molar-refractivity contribution in [2.45, 2.75) is 58.8 Å². The fraction of sp³-hybridized carbons (Fsp3) is 0.619. The third-order valence-electron chi connectivity index (χ3n) is 6.44. The van der Waals surface area contributed by atoms with Crippen LogP contribution in [-0.4, -0.2) is 18.5 Å². The quantitative estimate of drug-likeness (QED) is 0.389. The molecule has 4 unspecified atom stereocenters. The molecule has 0 heterocycles. The van der Waals surface area contributed by atoms with Crippen LogP contribution >= 0.6 is 0 Å². The molecule has 0 aliphatic heterocycles. The summed E-state index contributed by atoms with van der Waals surface area (Å²) in [5.74, 6) is 1.23. The zero-order valence-corrected chi connectivity index (χ0v) is 15.4. The van der Waals surface area contributed by atoms with Crippen LogP contribution in [0, 0.1) is 17.3 Å². The molecule has 3 fully saturated rings. The molecule has 0 spiro atoms. The molecule has 0 aromatic heterocycles. The van der Waals surface area contributed by atoms with Gasteiger partial charge in [-0.15, -0.1) is 0 Å². The van der Waals surface area contributed by atoms with Crippen molar-refractivity contribution in [3.05, 3.63) is 42.5 Å². The van der Waals surface area contributed by atoms with Gasteiger partial charge in [0.1, 0.15) is 5.60 Å². The maximum absolute atomic E-state index is 6.14. The minimum absolute atomic E-state index is 0.148. The molecule has 3 nitrogen and oxygen atoms in total. The zero-order valence-electron chi connectivity index (χ0n) is 15.4. The lowest BCUT2D eigenvalue weighted by atomic mass is 9.43. The third kappa shape index (κ3) is 2.73. The monoisotopic (exact) mass is 330 g/mol. The second-order valence-corrected chi connectivity index (χ2v) is 7.85. The van der Waals surface area contributed by atoms with E-state index >= 15 is 0 Å². The predicted molar refractivity (Wildman–Crippen MR) is 96.1 cm³/mol. The minimum atomic E-state index is -0.573. The number of ether oxygens (including phenoxy) is 1. The summed E-state index contributed by atoms with van der Waals surface area (Å²) in [5, 5.41) is 0. The zero-order chi connectivity index (χ0) is 17.4. The van der Waals surface area contributed by atoms with Gasteiger partial charge in [-0.2, -0.15) is 4.89 Å². The summed E-state index contributed by atoms with van der Waals surface area (Å²) in [6, 6.07) is 10.0. The highest BCUT2D eigenvalue weighted by atomic mass is 17.2. The molecule has 3 aliphatic rings. The Balaban J connectivity index is 1.72. The van der Waals surface area contributed by atoms with Crippen LogP contribution in [0.15, 0.2) is 36.9 Å². The summed E-state index contributed by atoms with van der Waals surface area (Å²) in [6.07, 6.45) is 3.01. The maximum atomic E-state index is 6.14. The van der Waals surface area contributed by atoms with Gasteiger partial charge in [0.15, 0.2) is 0 Å². The highest BCUT2D eigenvalue weighted by molar-refractivity contribution is 5.65. The number of fused-ring (bicyclic) bond motifs is 2. The van der Waals surface area contributed by atoms with E-state index in [1.807, 2.05) is 37.3 Å². The number of rotatable bonds is 7. The number of benzene rings is 1. The van der Waals surface area contributed by atoms with E-state index in [1.165, 1.54) is 12.8 Å². The molecular weight excluding hydrogens is 300 g/mol. The van der Waals surface area contributed by atoms with Gasteiger partial charge < -0.3 is 4.74 Å². The van der Waals surface area contributed by atoms with Crippen LogP contribution in [0.1, 0.15) is 52.5 Å². The van der Waals surface area contributed by atoms with E-state index in [0.29, 0.717) is 12.5 Å². The summed E-state index contributed by atoms with van der Waals surface area (Å²) < 4.78 is 5.77. The molecule has 3 heteroatoms. The lowest BCUT2D eigenvalue weighted by Crippen LogP contribution is -2.68. The standard InChI is InChI=1S/C21H30O3/c1-6-22-19(16(3)17-10-8-7-9-11-17)23-24-21-14-18(20(21,4)5)13-12-15(21)2/h7-11,15,18-19H,3,6,12-14H2,1-2,4-5H3. The molecule has 0 saturated heterocycles. The summed E-state index contributed by atoms with van der Waals surface area (Å²) in [7, 11) is 0. The lowest BCUT2D eigenvalue weighted by molar-refractivity contribution is -0.472. The van der Waals surface area contributed by atoms with Gasteiger partial charge in [0.05, 0.1) is 0 Å². The number of hydrogen-bond acceptors (Lipinski definition) is 3. The Labute approximate surface area is 145 Å². The van der Waals surface area contributed by atoms with E-state index in [2.05, 4.69) is 27.4 Å². The van der Waals surface area contributed by atoms with Crippen LogP contribution in [0.5, 0.6) is 0 Å². The molecule has 1 aromatic carbocycles. The summed E-state index contributed by atoms with van der Waals surface area (Å²) in [5.41, 5.74) is 1.75. The van der Waals surface area contributed by atoms with Gasteiger partial charge in [0.25, 0.3) is 0 Å². The largest absolute Gasteiger partial charge is 0.346 e. The maximum Gasteiger partial charge on any atom is 0.217 e. The minimum Gasteiger partial charge on any atom is -0.346 e. The van der Waals surface area contributed by atoms with Crippen LogP contribution in [0.4, 0.5) is 0 Å². The van der Waals surface area contributed by atoms with Crippen molar-refractivity contribution in [1.82, 2.24) is 0 Å². The fourth-order valence-electron chi connectivity index (χ4n) is 4.56. The smallest absolute Gasteiger partial charge is 0.217 e. The fourth-order valence-corrected chi connectivity index (χ4v) is 4.56. The SMILES string of the molecule is C=C(c1ccccc1)C(OCC)OOC12CC(CCC1C)C2(C)C.